The summed E-state index contributed by atoms with van der Waals surface area (Å²) in [5.41, 5.74) is 4.37. The number of benzene rings is 2. The molecule has 0 heterocycles. The Balaban J connectivity index is 2.56. The molecule has 0 atom stereocenters. The molecule has 0 aromatic heterocycles. The van der Waals surface area contributed by atoms with E-state index >= 15 is 0 Å². The Hall–Kier alpha value is -2.18. The van der Waals surface area contributed by atoms with Crippen molar-refractivity contribution in [2.24, 2.45) is 0 Å². The van der Waals surface area contributed by atoms with E-state index in [1.54, 1.807) is 0 Å². The zero-order valence-corrected chi connectivity index (χ0v) is 13.4. The van der Waals surface area contributed by atoms with E-state index in [2.05, 4.69) is 0 Å². The summed E-state index contributed by atoms with van der Waals surface area (Å²) in [6.45, 7) is 0. The highest BCUT2D eigenvalue weighted by atomic mass is 35.5. The molecule has 0 aliphatic carbocycles. The first-order chi connectivity index (χ1) is 11.1. The number of carbonyl (C=O) groups is 1. The Morgan fingerprint density at radius 3 is 2.29 bits per heavy atom. The lowest BCUT2D eigenvalue weighted by Gasteiger charge is -2.12. The number of anilines is 1. The van der Waals surface area contributed by atoms with Crippen molar-refractivity contribution in [2.45, 2.75) is 6.18 Å². The van der Waals surface area contributed by atoms with Gasteiger partial charge in [0, 0.05) is 21.3 Å². The average Bonchev–Trinajstić information content (AvgIpc) is 2.45. The molecule has 0 aliphatic heterocycles. The molecule has 2 aromatic rings. The molecule has 0 saturated heterocycles. The molecule has 3 N–H and O–H groups in total. The topological polar surface area (TPSA) is 63.3 Å². The predicted octanol–water partition coefficient (Wildman–Crippen LogP) is 5.22. The zero-order chi connectivity index (χ0) is 18.1. The van der Waals surface area contributed by atoms with Crippen LogP contribution in [0.3, 0.4) is 0 Å². The van der Waals surface area contributed by atoms with Gasteiger partial charge in [-0.05, 0) is 35.9 Å². The maximum atomic E-state index is 12.7. The predicted molar refractivity (Wildman–Crippen MR) is 87.8 cm³/mol. The van der Waals surface area contributed by atoms with Crippen molar-refractivity contribution in [3.05, 3.63) is 63.1 Å². The van der Waals surface area contributed by atoms with Crippen LogP contribution in [0.4, 0.5) is 18.9 Å². The van der Waals surface area contributed by atoms with Gasteiger partial charge in [0.15, 0.2) is 0 Å². The van der Waals surface area contributed by atoms with Gasteiger partial charge in [-0.2, -0.15) is 13.2 Å². The van der Waals surface area contributed by atoms with Crippen molar-refractivity contribution >= 4 is 46.5 Å². The van der Waals surface area contributed by atoms with E-state index in [4.69, 9.17) is 28.9 Å². The van der Waals surface area contributed by atoms with Crippen molar-refractivity contribution in [1.82, 2.24) is 0 Å². The van der Waals surface area contributed by atoms with Crippen molar-refractivity contribution < 1.29 is 23.1 Å². The molecule has 24 heavy (non-hydrogen) atoms. The number of carboxylic acid groups (broad SMARTS) is 1. The van der Waals surface area contributed by atoms with Gasteiger partial charge in [-0.3, -0.25) is 0 Å². The number of hydrogen-bond acceptors (Lipinski definition) is 2. The van der Waals surface area contributed by atoms with E-state index in [9.17, 15) is 23.1 Å². The Morgan fingerprint density at radius 1 is 1.12 bits per heavy atom. The van der Waals surface area contributed by atoms with Crippen LogP contribution in [0.2, 0.25) is 10.0 Å². The number of hydrogen-bond donors (Lipinski definition) is 2. The normalized spacial score (nSPS) is 12.3. The van der Waals surface area contributed by atoms with Crippen LogP contribution in [0.5, 0.6) is 0 Å². The number of halogens is 5. The third-order valence-corrected chi connectivity index (χ3v) is 3.72. The lowest BCUT2D eigenvalue weighted by atomic mass is 9.99. The molecule has 0 unspecified atom stereocenters. The largest absolute Gasteiger partial charge is 0.478 e. The SMILES string of the molecule is Nc1cc(C(F)(F)F)ccc1C(=Cc1ccc(Cl)cc1Cl)C(=O)O. The highest BCUT2D eigenvalue weighted by Gasteiger charge is 2.31. The molecular weight excluding hydrogens is 366 g/mol. The average molecular weight is 376 g/mol. The number of carboxylic acids is 1. The fraction of sp³-hybridized carbons (Fsp3) is 0.0625. The van der Waals surface area contributed by atoms with Crippen molar-refractivity contribution in [2.75, 3.05) is 5.73 Å². The van der Waals surface area contributed by atoms with Crippen LogP contribution in [-0.2, 0) is 11.0 Å². The second-order valence-electron chi connectivity index (χ2n) is 4.83. The molecule has 0 spiro atoms. The minimum atomic E-state index is -4.57. The monoisotopic (exact) mass is 375 g/mol. The van der Waals surface area contributed by atoms with Crippen LogP contribution in [-0.4, -0.2) is 11.1 Å². The summed E-state index contributed by atoms with van der Waals surface area (Å²) >= 11 is 11.8. The van der Waals surface area contributed by atoms with Crippen molar-refractivity contribution in [3.63, 3.8) is 0 Å². The van der Waals surface area contributed by atoms with Gasteiger partial charge in [0.1, 0.15) is 0 Å². The minimum absolute atomic E-state index is 0.0403. The van der Waals surface area contributed by atoms with Gasteiger partial charge in [0.25, 0.3) is 0 Å². The molecule has 0 bridgehead atoms. The molecule has 0 saturated carbocycles. The maximum absolute atomic E-state index is 12.7. The highest BCUT2D eigenvalue weighted by Crippen LogP contribution is 2.34. The number of aliphatic carboxylic acids is 1. The molecule has 0 fully saturated rings. The summed E-state index contributed by atoms with van der Waals surface area (Å²) in [5.74, 6) is -1.35. The van der Waals surface area contributed by atoms with Crippen LogP contribution >= 0.6 is 23.2 Å². The van der Waals surface area contributed by atoms with Crippen molar-refractivity contribution in [3.8, 4) is 0 Å². The number of nitrogen functional groups attached to an aromatic ring is 1. The molecule has 126 valence electrons. The summed E-state index contributed by atoms with van der Waals surface area (Å²) in [6, 6.07) is 6.90. The fourth-order valence-corrected chi connectivity index (χ4v) is 2.48. The van der Waals surface area contributed by atoms with E-state index in [1.807, 2.05) is 0 Å². The Kier molecular flexibility index (Phi) is 5.11. The zero-order valence-electron chi connectivity index (χ0n) is 11.9. The van der Waals surface area contributed by atoms with Crippen LogP contribution in [0.15, 0.2) is 36.4 Å². The Morgan fingerprint density at radius 2 is 1.79 bits per heavy atom. The van der Waals surface area contributed by atoms with Crippen LogP contribution in [0.25, 0.3) is 11.6 Å². The van der Waals surface area contributed by atoms with Crippen molar-refractivity contribution in [1.29, 1.82) is 0 Å². The number of alkyl halides is 3. The molecular formula is C16H10Cl2F3NO2. The summed E-state index contributed by atoms with van der Waals surface area (Å²) in [5, 5.41) is 9.94. The van der Waals surface area contributed by atoms with E-state index in [1.165, 1.54) is 24.3 Å². The standard InChI is InChI=1S/C16H10Cl2F3NO2/c17-10-3-1-8(13(18)7-10)5-12(15(23)24)11-4-2-9(6-14(11)22)16(19,20)21/h1-7H,22H2,(H,23,24). The first-order valence-corrected chi connectivity index (χ1v) is 7.22. The molecule has 0 radical (unpaired) electrons. The Labute approximate surface area is 145 Å². The van der Waals surface area contributed by atoms with Crippen LogP contribution in [0.1, 0.15) is 16.7 Å². The van der Waals surface area contributed by atoms with E-state index in [-0.39, 0.29) is 21.8 Å². The molecule has 3 nitrogen and oxygen atoms in total. The number of nitrogens with two attached hydrogens (primary N) is 1. The second-order valence-corrected chi connectivity index (χ2v) is 5.67. The molecule has 0 aliphatic rings. The van der Waals surface area contributed by atoms with Gasteiger partial charge >= 0.3 is 12.1 Å². The van der Waals surface area contributed by atoms with Gasteiger partial charge in [0.05, 0.1) is 11.1 Å². The Bertz CT molecular complexity index is 833. The summed E-state index contributed by atoms with van der Waals surface area (Å²) in [7, 11) is 0. The smallest absolute Gasteiger partial charge is 0.416 e. The second kappa shape index (κ2) is 6.75. The van der Waals surface area contributed by atoms with Gasteiger partial charge in [0.2, 0.25) is 0 Å². The molecule has 0 amide bonds. The molecule has 2 rings (SSSR count). The fourth-order valence-electron chi connectivity index (χ4n) is 2.01. The highest BCUT2D eigenvalue weighted by molar-refractivity contribution is 6.36. The van der Waals surface area contributed by atoms with Crippen LogP contribution < -0.4 is 5.73 Å². The van der Waals surface area contributed by atoms with Gasteiger partial charge < -0.3 is 10.8 Å². The quantitative estimate of drug-likeness (QED) is 0.439. The van der Waals surface area contributed by atoms with Crippen LogP contribution in [0, 0.1) is 0 Å². The minimum Gasteiger partial charge on any atom is -0.478 e. The van der Waals surface area contributed by atoms with Gasteiger partial charge in [-0.25, -0.2) is 4.79 Å². The lowest BCUT2D eigenvalue weighted by Crippen LogP contribution is -2.08. The van der Waals surface area contributed by atoms with Gasteiger partial charge in [-0.1, -0.05) is 35.3 Å². The lowest BCUT2D eigenvalue weighted by molar-refractivity contribution is -0.137. The summed E-state index contributed by atoms with van der Waals surface area (Å²) in [4.78, 5) is 11.5. The molecule has 2 aromatic carbocycles. The third kappa shape index (κ3) is 4.01. The number of rotatable bonds is 3. The summed E-state index contributed by atoms with van der Waals surface area (Å²) in [6.07, 6.45) is -3.35. The summed E-state index contributed by atoms with van der Waals surface area (Å²) < 4.78 is 38.0. The van der Waals surface area contributed by atoms with E-state index < -0.39 is 17.7 Å². The van der Waals surface area contributed by atoms with E-state index in [0.29, 0.717) is 16.7 Å². The van der Waals surface area contributed by atoms with Gasteiger partial charge in [-0.15, -0.1) is 0 Å². The third-order valence-electron chi connectivity index (χ3n) is 3.16. The first-order valence-electron chi connectivity index (χ1n) is 6.46. The van der Waals surface area contributed by atoms with E-state index in [0.717, 1.165) is 12.1 Å². The molecule has 8 heteroatoms. The maximum Gasteiger partial charge on any atom is 0.416 e. The first kappa shape index (κ1) is 18.2.